The number of hydrogen-bond acceptors (Lipinski definition) is 4. The van der Waals surface area contributed by atoms with Crippen LogP contribution < -0.4 is 0 Å². The van der Waals surface area contributed by atoms with Crippen LogP contribution in [0.3, 0.4) is 0 Å². The number of benzene rings is 1. The number of nitrogens with zero attached hydrogens (tertiary/aromatic N) is 2. The average molecular weight is 367 g/mol. The quantitative estimate of drug-likeness (QED) is 0.472. The van der Waals surface area contributed by atoms with Crippen molar-refractivity contribution in [1.82, 2.24) is 5.01 Å². The molecule has 2 aromatic rings. The molecule has 0 unspecified atom stereocenters. The fourth-order valence-corrected chi connectivity index (χ4v) is 4.43. The molecule has 1 aromatic carbocycles. The van der Waals surface area contributed by atoms with E-state index in [4.69, 9.17) is 16.0 Å². The highest BCUT2D eigenvalue weighted by Crippen LogP contribution is 2.52. The van der Waals surface area contributed by atoms with E-state index in [0.717, 1.165) is 17.0 Å². The Balaban J connectivity index is 1.36. The van der Waals surface area contributed by atoms with E-state index in [1.165, 1.54) is 6.21 Å². The Kier molecular flexibility index (Phi) is 3.40. The van der Waals surface area contributed by atoms with Crippen molar-refractivity contribution in [3.05, 3.63) is 59.3 Å². The highest BCUT2D eigenvalue weighted by atomic mass is 35.5. The van der Waals surface area contributed by atoms with Crippen molar-refractivity contribution >= 4 is 29.6 Å². The Morgan fingerprint density at radius 3 is 2.31 bits per heavy atom. The van der Waals surface area contributed by atoms with Gasteiger partial charge in [-0.05, 0) is 54.7 Å². The second-order valence-electron chi connectivity index (χ2n) is 6.94. The number of imide groups is 1. The predicted octanol–water partition coefficient (Wildman–Crippen LogP) is 3.74. The number of rotatable bonds is 3. The van der Waals surface area contributed by atoms with Crippen molar-refractivity contribution < 1.29 is 14.0 Å². The van der Waals surface area contributed by atoms with Gasteiger partial charge < -0.3 is 4.42 Å². The third kappa shape index (κ3) is 2.27. The molecule has 4 atom stereocenters. The Labute approximate surface area is 154 Å². The summed E-state index contributed by atoms with van der Waals surface area (Å²) >= 11 is 5.89. The summed E-state index contributed by atoms with van der Waals surface area (Å²) in [6, 6.07) is 10.9. The van der Waals surface area contributed by atoms with Crippen LogP contribution in [0.25, 0.3) is 11.3 Å². The van der Waals surface area contributed by atoms with Gasteiger partial charge in [0.1, 0.15) is 11.5 Å². The van der Waals surface area contributed by atoms with Gasteiger partial charge in [-0.1, -0.05) is 23.8 Å². The van der Waals surface area contributed by atoms with E-state index in [2.05, 4.69) is 17.3 Å². The Morgan fingerprint density at radius 2 is 1.65 bits per heavy atom. The topological polar surface area (TPSA) is 62.9 Å². The summed E-state index contributed by atoms with van der Waals surface area (Å²) in [5, 5.41) is 5.80. The van der Waals surface area contributed by atoms with Crippen LogP contribution in [-0.2, 0) is 9.59 Å². The summed E-state index contributed by atoms with van der Waals surface area (Å²) in [5.74, 6) is 0.639. The molecule has 5 rings (SSSR count). The van der Waals surface area contributed by atoms with Crippen LogP contribution in [0.4, 0.5) is 0 Å². The molecule has 5 nitrogen and oxygen atoms in total. The number of carbonyl (C=O) groups excluding carboxylic acids is 2. The third-order valence-corrected chi connectivity index (χ3v) is 5.76. The number of carbonyl (C=O) groups is 2. The van der Waals surface area contributed by atoms with Gasteiger partial charge in [0, 0.05) is 10.6 Å². The zero-order valence-corrected chi connectivity index (χ0v) is 14.5. The number of hydrogen-bond donors (Lipinski definition) is 0. The molecule has 1 saturated carbocycles. The lowest BCUT2D eigenvalue weighted by Crippen LogP contribution is -2.28. The molecular formula is C20H15ClN2O3. The SMILES string of the molecule is O=C1[C@@H]2[C@@H](C(=O)N1/N=C\c1ccc(-c3ccc(Cl)cc3)o1)[C@H]1C=C[C@H]2C1. The number of hydrazone groups is 1. The van der Waals surface area contributed by atoms with Gasteiger partial charge in [0.05, 0.1) is 18.1 Å². The Morgan fingerprint density at radius 1 is 1.00 bits per heavy atom. The first-order valence-electron chi connectivity index (χ1n) is 8.58. The maximum absolute atomic E-state index is 12.6. The van der Waals surface area contributed by atoms with Crippen molar-refractivity contribution in [1.29, 1.82) is 0 Å². The molecule has 1 saturated heterocycles. The summed E-state index contributed by atoms with van der Waals surface area (Å²) < 4.78 is 5.73. The van der Waals surface area contributed by atoms with Crippen LogP contribution in [0.15, 0.2) is 58.1 Å². The summed E-state index contributed by atoms with van der Waals surface area (Å²) in [6.45, 7) is 0. The molecule has 2 heterocycles. The number of furan rings is 1. The van der Waals surface area contributed by atoms with E-state index in [0.29, 0.717) is 16.5 Å². The monoisotopic (exact) mass is 366 g/mol. The molecule has 2 amide bonds. The number of allylic oxidation sites excluding steroid dienone is 2. The smallest absolute Gasteiger partial charge is 0.254 e. The predicted molar refractivity (Wildman–Crippen MR) is 96.3 cm³/mol. The zero-order valence-electron chi connectivity index (χ0n) is 13.7. The van der Waals surface area contributed by atoms with Crippen LogP contribution >= 0.6 is 11.6 Å². The second kappa shape index (κ2) is 5.68. The summed E-state index contributed by atoms with van der Waals surface area (Å²) in [4.78, 5) is 25.2. The van der Waals surface area contributed by atoms with E-state index in [1.54, 1.807) is 18.2 Å². The molecule has 26 heavy (non-hydrogen) atoms. The van der Waals surface area contributed by atoms with Gasteiger partial charge in [-0.2, -0.15) is 10.1 Å². The average Bonchev–Trinajstić information content (AvgIpc) is 3.40. The summed E-state index contributed by atoms with van der Waals surface area (Å²) in [6.07, 6.45) is 6.46. The van der Waals surface area contributed by atoms with Gasteiger partial charge in [0.2, 0.25) is 0 Å². The molecule has 130 valence electrons. The molecule has 0 spiro atoms. The van der Waals surface area contributed by atoms with Crippen LogP contribution in [0.5, 0.6) is 0 Å². The molecule has 1 aliphatic heterocycles. The summed E-state index contributed by atoms with van der Waals surface area (Å²) in [7, 11) is 0. The Hall–Kier alpha value is -2.66. The fraction of sp³-hybridized carbons (Fsp3) is 0.250. The van der Waals surface area contributed by atoms with Gasteiger partial charge in [-0.3, -0.25) is 9.59 Å². The van der Waals surface area contributed by atoms with Crippen molar-refractivity contribution in [2.24, 2.45) is 28.8 Å². The molecule has 0 N–H and O–H groups in total. The van der Waals surface area contributed by atoms with E-state index >= 15 is 0 Å². The molecule has 2 bridgehead atoms. The zero-order chi connectivity index (χ0) is 17.8. The van der Waals surface area contributed by atoms with Crippen molar-refractivity contribution in [2.75, 3.05) is 0 Å². The van der Waals surface area contributed by atoms with Gasteiger partial charge in [0.25, 0.3) is 11.8 Å². The highest BCUT2D eigenvalue weighted by molar-refractivity contribution is 6.30. The van der Waals surface area contributed by atoms with Gasteiger partial charge in [0.15, 0.2) is 0 Å². The number of amides is 2. The molecule has 1 aromatic heterocycles. The Bertz CT molecular complexity index is 930. The lowest BCUT2D eigenvalue weighted by molar-refractivity contribution is -0.140. The number of halogens is 1. The lowest BCUT2D eigenvalue weighted by atomic mass is 9.85. The third-order valence-electron chi connectivity index (χ3n) is 5.50. The van der Waals surface area contributed by atoms with Crippen LogP contribution in [0, 0.1) is 23.7 Å². The maximum Gasteiger partial charge on any atom is 0.254 e. The highest BCUT2D eigenvalue weighted by Gasteiger charge is 2.59. The van der Waals surface area contributed by atoms with Crippen molar-refractivity contribution in [2.45, 2.75) is 6.42 Å². The second-order valence-corrected chi connectivity index (χ2v) is 7.38. The van der Waals surface area contributed by atoms with E-state index in [1.807, 2.05) is 18.2 Å². The van der Waals surface area contributed by atoms with Gasteiger partial charge >= 0.3 is 0 Å². The first-order chi connectivity index (χ1) is 12.6. The van der Waals surface area contributed by atoms with E-state index in [9.17, 15) is 9.59 Å². The fourth-order valence-electron chi connectivity index (χ4n) is 4.31. The largest absolute Gasteiger partial charge is 0.455 e. The maximum atomic E-state index is 12.6. The van der Waals surface area contributed by atoms with Crippen LogP contribution in [-0.4, -0.2) is 23.0 Å². The molecule has 2 aliphatic carbocycles. The molecule has 3 aliphatic rings. The normalized spacial score (nSPS) is 29.3. The van der Waals surface area contributed by atoms with Gasteiger partial charge in [-0.15, -0.1) is 0 Å². The number of fused-ring (bicyclic) bond motifs is 5. The minimum atomic E-state index is -0.240. The van der Waals surface area contributed by atoms with E-state index in [-0.39, 0.29) is 35.5 Å². The van der Waals surface area contributed by atoms with Crippen molar-refractivity contribution in [3.8, 4) is 11.3 Å². The summed E-state index contributed by atoms with van der Waals surface area (Å²) in [5.41, 5.74) is 0.888. The van der Waals surface area contributed by atoms with Gasteiger partial charge in [-0.25, -0.2) is 0 Å². The minimum Gasteiger partial charge on any atom is -0.455 e. The van der Waals surface area contributed by atoms with Crippen molar-refractivity contribution in [3.63, 3.8) is 0 Å². The standard InChI is InChI=1S/C20H15ClN2O3/c21-14-5-3-11(4-6-14)16-8-7-15(26-16)10-22-23-19(24)17-12-1-2-13(9-12)18(17)20(23)25/h1-8,10,12-13,17-18H,9H2/b22-10-/t12-,13-,17-,18-/m0/s1. The van der Waals surface area contributed by atoms with Crippen LogP contribution in [0.1, 0.15) is 12.2 Å². The first kappa shape index (κ1) is 15.6. The van der Waals surface area contributed by atoms with E-state index < -0.39 is 0 Å². The molecular weight excluding hydrogens is 352 g/mol. The minimum absolute atomic E-state index is 0.182. The molecule has 2 fully saturated rings. The molecule has 6 heteroatoms. The molecule has 0 radical (unpaired) electrons. The van der Waals surface area contributed by atoms with Crippen LogP contribution in [0.2, 0.25) is 5.02 Å². The lowest BCUT2D eigenvalue weighted by Gasteiger charge is -2.13. The first-order valence-corrected chi connectivity index (χ1v) is 8.95.